The van der Waals surface area contributed by atoms with E-state index in [0.29, 0.717) is 0 Å². The molecule has 0 N–H and O–H groups in total. The maximum Gasteiger partial charge on any atom is 0.138 e. The van der Waals surface area contributed by atoms with Gasteiger partial charge in [0.25, 0.3) is 0 Å². The largest absolute Gasteiger partial charge is 0.302 e. The molecule has 1 nitrogen and oxygen atoms in total. The quantitative estimate of drug-likeness (QED) is 0.562. The van der Waals surface area contributed by atoms with Gasteiger partial charge in [-0.1, -0.05) is 60.5 Å². The fraction of sp³-hybridized carbons (Fsp3) is 0.364. The van der Waals surface area contributed by atoms with Gasteiger partial charge in [0.1, 0.15) is 10.6 Å². The second-order valence-electron chi connectivity index (χ2n) is 3.70. The van der Waals surface area contributed by atoms with Gasteiger partial charge in [0.2, 0.25) is 0 Å². The van der Waals surface area contributed by atoms with E-state index in [4.69, 9.17) is 23.2 Å². The topological polar surface area (TPSA) is 17.1 Å². The molecule has 1 fully saturated rings. The van der Waals surface area contributed by atoms with E-state index >= 15 is 0 Å². The zero-order valence-electron chi connectivity index (χ0n) is 7.71. The number of hydrogen-bond donors (Lipinski definition) is 0. The van der Waals surface area contributed by atoms with Crippen LogP contribution in [0.15, 0.2) is 30.3 Å². The summed E-state index contributed by atoms with van der Waals surface area (Å²) in [6.07, 6.45) is 0.868. The lowest BCUT2D eigenvalue weighted by Crippen LogP contribution is -2.16. The Morgan fingerprint density at radius 3 is 2.14 bits per heavy atom. The van der Waals surface area contributed by atoms with E-state index in [2.05, 4.69) is 0 Å². The molecule has 74 valence electrons. The Hall–Kier alpha value is -0.530. The van der Waals surface area contributed by atoms with Crippen LogP contribution in [0.3, 0.4) is 0 Å². The third-order valence-electron chi connectivity index (χ3n) is 3.13. The van der Waals surface area contributed by atoms with E-state index in [1.807, 2.05) is 37.3 Å². The predicted octanol–water partition coefficient (Wildman–Crippen LogP) is 2.95. The Morgan fingerprint density at radius 1 is 1.29 bits per heavy atom. The zero-order valence-corrected chi connectivity index (χ0v) is 9.22. The average molecular weight is 229 g/mol. The Kier molecular flexibility index (Phi) is 2.13. The van der Waals surface area contributed by atoms with Crippen LogP contribution in [0.1, 0.15) is 12.5 Å². The molecular weight excluding hydrogens is 219 g/mol. The maximum atomic E-state index is 11.1. The molecule has 2 unspecified atom stereocenters. The summed E-state index contributed by atoms with van der Waals surface area (Å²) in [4.78, 5) is 11.1. The van der Waals surface area contributed by atoms with Crippen LogP contribution in [0.2, 0.25) is 0 Å². The van der Waals surface area contributed by atoms with Crippen LogP contribution in [0.4, 0.5) is 0 Å². The summed E-state index contributed by atoms with van der Waals surface area (Å²) in [5.74, 6) is -0.0294. The van der Waals surface area contributed by atoms with Crippen molar-refractivity contribution in [1.29, 1.82) is 0 Å². The number of rotatable bonds is 2. The molecule has 0 radical (unpaired) electrons. The molecule has 0 spiro atoms. The van der Waals surface area contributed by atoms with E-state index in [-0.39, 0.29) is 5.92 Å². The summed E-state index contributed by atoms with van der Waals surface area (Å²) in [7, 11) is 0. The third-order valence-corrected chi connectivity index (χ3v) is 4.41. The number of aldehydes is 1. The van der Waals surface area contributed by atoms with Gasteiger partial charge in [-0.3, -0.25) is 0 Å². The Morgan fingerprint density at radius 2 is 1.79 bits per heavy atom. The summed E-state index contributed by atoms with van der Waals surface area (Å²) >= 11 is 12.2. The molecule has 1 aliphatic rings. The number of hydrogen-bond acceptors (Lipinski definition) is 1. The molecule has 3 heteroatoms. The van der Waals surface area contributed by atoms with Crippen molar-refractivity contribution in [2.45, 2.75) is 16.7 Å². The van der Waals surface area contributed by atoms with Crippen LogP contribution in [0.5, 0.6) is 0 Å². The highest BCUT2D eigenvalue weighted by Crippen LogP contribution is 2.68. The highest BCUT2D eigenvalue weighted by Gasteiger charge is 2.74. The van der Waals surface area contributed by atoms with Crippen molar-refractivity contribution in [3.8, 4) is 0 Å². The molecule has 1 aliphatic carbocycles. The highest BCUT2D eigenvalue weighted by atomic mass is 35.5. The van der Waals surface area contributed by atoms with Crippen molar-refractivity contribution < 1.29 is 4.79 Å². The predicted molar refractivity (Wildman–Crippen MR) is 57.8 cm³/mol. The van der Waals surface area contributed by atoms with Crippen molar-refractivity contribution in [3.05, 3.63) is 35.9 Å². The van der Waals surface area contributed by atoms with Gasteiger partial charge < -0.3 is 4.79 Å². The van der Waals surface area contributed by atoms with Crippen molar-refractivity contribution >= 4 is 29.5 Å². The van der Waals surface area contributed by atoms with Gasteiger partial charge in [-0.25, -0.2) is 0 Å². The number of halogens is 2. The molecule has 0 aliphatic heterocycles. The van der Waals surface area contributed by atoms with Gasteiger partial charge in [-0.15, -0.1) is 0 Å². The van der Waals surface area contributed by atoms with Gasteiger partial charge >= 0.3 is 0 Å². The van der Waals surface area contributed by atoms with Crippen LogP contribution in [0.25, 0.3) is 0 Å². The van der Waals surface area contributed by atoms with Gasteiger partial charge in [-0.2, -0.15) is 0 Å². The fourth-order valence-corrected chi connectivity index (χ4v) is 2.87. The molecule has 1 aromatic carbocycles. The van der Waals surface area contributed by atoms with Crippen LogP contribution in [-0.4, -0.2) is 10.6 Å². The molecule has 2 atom stereocenters. The first-order valence-electron chi connectivity index (χ1n) is 4.47. The van der Waals surface area contributed by atoms with Crippen molar-refractivity contribution in [3.63, 3.8) is 0 Å². The van der Waals surface area contributed by atoms with E-state index < -0.39 is 9.75 Å². The number of alkyl halides is 2. The normalized spacial score (nSPS) is 33.8. The van der Waals surface area contributed by atoms with E-state index in [1.54, 1.807) is 0 Å². The third kappa shape index (κ3) is 0.999. The smallest absolute Gasteiger partial charge is 0.138 e. The van der Waals surface area contributed by atoms with Crippen LogP contribution in [-0.2, 0) is 10.2 Å². The molecule has 0 saturated heterocycles. The first kappa shape index (κ1) is 10.0. The lowest BCUT2D eigenvalue weighted by atomic mass is 9.95. The summed E-state index contributed by atoms with van der Waals surface area (Å²) in [6, 6.07) is 9.44. The SMILES string of the molecule is CC1C(Cl)(Cl)C1(C=O)c1ccccc1. The summed E-state index contributed by atoms with van der Waals surface area (Å²) in [5, 5.41) is 0. The molecular formula is C11H10Cl2O. The fourth-order valence-electron chi connectivity index (χ4n) is 2.00. The summed E-state index contributed by atoms with van der Waals surface area (Å²) < 4.78 is -0.948. The molecule has 14 heavy (non-hydrogen) atoms. The number of carbonyl (C=O) groups is 1. The highest BCUT2D eigenvalue weighted by molar-refractivity contribution is 6.54. The second-order valence-corrected chi connectivity index (χ2v) is 5.08. The standard InChI is InChI=1S/C11H10Cl2O/c1-8-10(7-14,11(8,12)13)9-5-3-2-4-6-9/h2-8H,1H3. The monoisotopic (exact) mass is 228 g/mol. The lowest BCUT2D eigenvalue weighted by Gasteiger charge is -2.10. The minimum atomic E-state index is -0.948. The molecule has 0 amide bonds. The minimum absolute atomic E-state index is 0.0294. The van der Waals surface area contributed by atoms with E-state index in [0.717, 1.165) is 11.8 Å². The molecule has 0 bridgehead atoms. The molecule has 1 aromatic rings. The summed E-state index contributed by atoms with van der Waals surface area (Å²) in [5.41, 5.74) is 0.185. The molecule has 1 saturated carbocycles. The zero-order chi connectivity index (χ0) is 10.4. The number of carbonyl (C=O) groups excluding carboxylic acids is 1. The van der Waals surface area contributed by atoms with Gasteiger partial charge in [0, 0.05) is 5.92 Å². The van der Waals surface area contributed by atoms with Crippen LogP contribution < -0.4 is 0 Å². The Labute approximate surface area is 93.0 Å². The first-order chi connectivity index (χ1) is 6.57. The molecule has 0 heterocycles. The molecule has 2 rings (SSSR count). The van der Waals surface area contributed by atoms with Gasteiger partial charge in [0.15, 0.2) is 0 Å². The van der Waals surface area contributed by atoms with Gasteiger partial charge in [0.05, 0.1) is 5.41 Å². The summed E-state index contributed by atoms with van der Waals surface area (Å²) in [6.45, 7) is 1.89. The van der Waals surface area contributed by atoms with Crippen LogP contribution in [0, 0.1) is 5.92 Å². The van der Waals surface area contributed by atoms with Crippen LogP contribution >= 0.6 is 23.2 Å². The maximum absolute atomic E-state index is 11.1. The molecule has 0 aromatic heterocycles. The first-order valence-corrected chi connectivity index (χ1v) is 5.22. The van der Waals surface area contributed by atoms with E-state index in [1.165, 1.54) is 0 Å². The second kappa shape index (κ2) is 2.98. The van der Waals surface area contributed by atoms with Gasteiger partial charge in [-0.05, 0) is 5.56 Å². The van der Waals surface area contributed by atoms with E-state index in [9.17, 15) is 4.79 Å². The van der Waals surface area contributed by atoms with Crippen molar-refractivity contribution in [1.82, 2.24) is 0 Å². The van der Waals surface area contributed by atoms with Crippen molar-refractivity contribution in [2.24, 2.45) is 5.92 Å². The lowest BCUT2D eigenvalue weighted by molar-refractivity contribution is -0.110. The Bertz CT molecular complexity index is 361. The average Bonchev–Trinajstić information content (AvgIpc) is 2.64. The van der Waals surface area contributed by atoms with Crippen molar-refractivity contribution in [2.75, 3.05) is 0 Å². The minimum Gasteiger partial charge on any atom is -0.302 e. The Balaban J connectivity index is 2.48. The number of benzene rings is 1.